The normalized spacial score (nSPS) is 10.7. The van der Waals surface area contributed by atoms with Crippen molar-refractivity contribution >= 4 is 23.0 Å². The van der Waals surface area contributed by atoms with E-state index in [0.717, 1.165) is 11.1 Å². The summed E-state index contributed by atoms with van der Waals surface area (Å²) in [6.45, 7) is 2.21. The fourth-order valence-corrected chi connectivity index (χ4v) is 2.94. The minimum absolute atomic E-state index is 0.149. The second-order valence-corrected chi connectivity index (χ2v) is 5.97. The third-order valence-electron chi connectivity index (χ3n) is 4.26. The van der Waals surface area contributed by atoms with Gasteiger partial charge in [0.15, 0.2) is 0 Å². The highest BCUT2D eigenvalue weighted by atomic mass is 16.5. The Hall–Kier alpha value is -3.35. The summed E-state index contributed by atoms with van der Waals surface area (Å²) in [6, 6.07) is 13.9. The van der Waals surface area contributed by atoms with Gasteiger partial charge in [-0.1, -0.05) is 24.3 Å². The Morgan fingerprint density at radius 1 is 0.926 bits per heavy atom. The lowest BCUT2D eigenvalue weighted by molar-refractivity contribution is -0.140. The van der Waals surface area contributed by atoms with Gasteiger partial charge in [0.2, 0.25) is 0 Å². The summed E-state index contributed by atoms with van der Waals surface area (Å²) in [5, 5.41) is 0. The van der Waals surface area contributed by atoms with Crippen LogP contribution < -0.4 is 10.4 Å². The molecule has 0 unspecified atom stereocenters. The number of esters is 2. The van der Waals surface area contributed by atoms with Crippen LogP contribution in [0.1, 0.15) is 12.5 Å². The van der Waals surface area contributed by atoms with Gasteiger partial charge in [-0.15, -0.1) is 0 Å². The van der Waals surface area contributed by atoms with E-state index in [2.05, 4.69) is 4.74 Å². The van der Waals surface area contributed by atoms with E-state index in [0.29, 0.717) is 17.8 Å². The fraction of sp³-hybridized carbons (Fsp3) is 0.250. The van der Waals surface area contributed by atoms with Gasteiger partial charge in [-0.05, 0) is 36.8 Å². The standard InChI is InChI=1S/C20H20N2O5/c1-3-21-16-6-4-5-7-17(16)22(20(21)25)13-19(24)27-15-10-8-14(9-11-15)12-18(23)26-2/h4-11H,3,12-13H2,1-2H3. The molecule has 0 amide bonds. The molecule has 0 fully saturated rings. The maximum atomic E-state index is 12.6. The Kier molecular flexibility index (Phi) is 5.40. The number of benzene rings is 2. The highest BCUT2D eigenvalue weighted by molar-refractivity contribution is 5.79. The molecule has 1 aromatic heterocycles. The van der Waals surface area contributed by atoms with Crippen LogP contribution in [0.4, 0.5) is 0 Å². The maximum Gasteiger partial charge on any atom is 0.331 e. The Bertz CT molecular complexity index is 1030. The number of aromatic nitrogens is 2. The molecule has 0 atom stereocenters. The number of rotatable bonds is 6. The van der Waals surface area contributed by atoms with Crippen LogP contribution in [0.2, 0.25) is 0 Å². The SMILES string of the molecule is CCn1c(=O)n(CC(=O)Oc2ccc(CC(=O)OC)cc2)c2ccccc21. The first-order valence-electron chi connectivity index (χ1n) is 8.58. The summed E-state index contributed by atoms with van der Waals surface area (Å²) in [5.74, 6) is -0.538. The predicted octanol–water partition coefficient (Wildman–Crippen LogP) is 2.14. The van der Waals surface area contributed by atoms with Crippen LogP contribution in [0, 0.1) is 0 Å². The molecule has 0 aliphatic heterocycles. The third-order valence-corrected chi connectivity index (χ3v) is 4.26. The minimum atomic E-state index is -0.545. The van der Waals surface area contributed by atoms with Crippen LogP contribution in [0.15, 0.2) is 53.3 Å². The number of carbonyl (C=O) groups excluding carboxylic acids is 2. The van der Waals surface area contributed by atoms with Crippen molar-refractivity contribution in [1.29, 1.82) is 0 Å². The van der Waals surface area contributed by atoms with Crippen molar-refractivity contribution in [2.24, 2.45) is 0 Å². The molecule has 1 heterocycles. The van der Waals surface area contributed by atoms with E-state index in [1.165, 1.54) is 11.7 Å². The van der Waals surface area contributed by atoms with Gasteiger partial charge in [0.1, 0.15) is 12.3 Å². The van der Waals surface area contributed by atoms with Gasteiger partial charge in [-0.25, -0.2) is 9.59 Å². The largest absolute Gasteiger partial charge is 0.469 e. The number of nitrogens with zero attached hydrogens (tertiary/aromatic N) is 2. The number of ether oxygens (including phenoxy) is 2. The van der Waals surface area contributed by atoms with Crippen molar-refractivity contribution in [3.8, 4) is 5.75 Å². The number of para-hydroxylation sites is 2. The first-order chi connectivity index (χ1) is 13.0. The van der Waals surface area contributed by atoms with Crippen LogP contribution >= 0.6 is 0 Å². The quantitative estimate of drug-likeness (QED) is 0.492. The van der Waals surface area contributed by atoms with Crippen LogP contribution in [0.3, 0.4) is 0 Å². The summed E-state index contributed by atoms with van der Waals surface area (Å²) in [4.78, 5) is 36.1. The van der Waals surface area contributed by atoms with E-state index in [1.54, 1.807) is 34.9 Å². The van der Waals surface area contributed by atoms with Crippen molar-refractivity contribution in [2.45, 2.75) is 26.4 Å². The smallest absolute Gasteiger partial charge is 0.331 e. The average Bonchev–Trinajstić information content (AvgIpc) is 2.94. The molecule has 140 valence electrons. The number of methoxy groups -OCH3 is 1. The molecule has 27 heavy (non-hydrogen) atoms. The summed E-state index contributed by atoms with van der Waals surface area (Å²) >= 11 is 0. The summed E-state index contributed by atoms with van der Waals surface area (Å²) < 4.78 is 13.0. The van der Waals surface area contributed by atoms with Crippen LogP contribution in [0.5, 0.6) is 5.75 Å². The van der Waals surface area contributed by atoms with E-state index in [1.807, 2.05) is 25.1 Å². The van der Waals surface area contributed by atoms with Crippen molar-refractivity contribution in [1.82, 2.24) is 9.13 Å². The highest BCUT2D eigenvalue weighted by Gasteiger charge is 2.15. The zero-order chi connectivity index (χ0) is 19.4. The molecule has 0 bridgehead atoms. The molecule has 0 radical (unpaired) electrons. The Labute approximate surface area is 155 Å². The topological polar surface area (TPSA) is 79.5 Å². The highest BCUT2D eigenvalue weighted by Crippen LogP contribution is 2.15. The third kappa shape index (κ3) is 3.92. The molecule has 0 saturated carbocycles. The summed E-state index contributed by atoms with van der Waals surface area (Å²) in [6.07, 6.45) is 0.149. The number of hydrogen-bond donors (Lipinski definition) is 0. The molecule has 3 rings (SSSR count). The zero-order valence-corrected chi connectivity index (χ0v) is 15.2. The molecular weight excluding hydrogens is 348 g/mol. The predicted molar refractivity (Wildman–Crippen MR) is 99.7 cm³/mol. The van der Waals surface area contributed by atoms with Crippen LogP contribution in [0.25, 0.3) is 11.0 Å². The molecule has 0 aliphatic carbocycles. The zero-order valence-electron chi connectivity index (χ0n) is 15.2. The molecule has 2 aromatic carbocycles. The fourth-order valence-electron chi connectivity index (χ4n) is 2.94. The number of aryl methyl sites for hydroxylation is 1. The van der Waals surface area contributed by atoms with Crippen LogP contribution in [-0.4, -0.2) is 28.2 Å². The number of imidazole rings is 1. The monoisotopic (exact) mass is 368 g/mol. The van der Waals surface area contributed by atoms with Crippen molar-refractivity contribution in [2.75, 3.05) is 7.11 Å². The lowest BCUT2D eigenvalue weighted by Gasteiger charge is -2.06. The van der Waals surface area contributed by atoms with Gasteiger partial charge >= 0.3 is 17.6 Å². The molecule has 7 heteroatoms. The number of hydrogen-bond acceptors (Lipinski definition) is 5. The van der Waals surface area contributed by atoms with Gasteiger partial charge in [0.05, 0.1) is 24.6 Å². The van der Waals surface area contributed by atoms with E-state index < -0.39 is 5.97 Å². The first-order valence-corrected chi connectivity index (χ1v) is 8.58. The number of carbonyl (C=O) groups is 2. The van der Waals surface area contributed by atoms with Crippen molar-refractivity contribution < 1.29 is 19.1 Å². The maximum absolute atomic E-state index is 12.6. The average molecular weight is 368 g/mol. The molecular formula is C20H20N2O5. The molecule has 0 N–H and O–H groups in total. The van der Waals surface area contributed by atoms with E-state index in [4.69, 9.17) is 4.74 Å². The lowest BCUT2D eigenvalue weighted by Crippen LogP contribution is -2.28. The second-order valence-electron chi connectivity index (χ2n) is 5.97. The van der Waals surface area contributed by atoms with Crippen molar-refractivity contribution in [3.05, 3.63) is 64.6 Å². The van der Waals surface area contributed by atoms with E-state index in [-0.39, 0.29) is 24.6 Å². The van der Waals surface area contributed by atoms with E-state index in [9.17, 15) is 14.4 Å². The minimum Gasteiger partial charge on any atom is -0.469 e. The Morgan fingerprint density at radius 3 is 2.15 bits per heavy atom. The Balaban J connectivity index is 1.75. The molecule has 0 saturated heterocycles. The van der Waals surface area contributed by atoms with Gasteiger partial charge in [0, 0.05) is 6.54 Å². The number of fused-ring (bicyclic) bond motifs is 1. The second kappa shape index (κ2) is 7.90. The summed E-state index contributed by atoms with van der Waals surface area (Å²) in [5.41, 5.74) is 1.98. The van der Waals surface area contributed by atoms with Crippen LogP contribution in [-0.2, 0) is 33.8 Å². The van der Waals surface area contributed by atoms with Gasteiger partial charge in [-0.2, -0.15) is 0 Å². The Morgan fingerprint density at radius 2 is 1.56 bits per heavy atom. The van der Waals surface area contributed by atoms with E-state index >= 15 is 0 Å². The molecule has 0 aliphatic rings. The molecule has 7 nitrogen and oxygen atoms in total. The lowest BCUT2D eigenvalue weighted by atomic mass is 10.1. The van der Waals surface area contributed by atoms with Gasteiger partial charge in [-0.3, -0.25) is 13.9 Å². The molecule has 0 spiro atoms. The van der Waals surface area contributed by atoms with Gasteiger partial charge < -0.3 is 9.47 Å². The van der Waals surface area contributed by atoms with Crippen molar-refractivity contribution in [3.63, 3.8) is 0 Å². The molecule has 3 aromatic rings. The van der Waals surface area contributed by atoms with Gasteiger partial charge in [0.25, 0.3) is 0 Å². The first kappa shape index (κ1) is 18.4. The summed E-state index contributed by atoms with van der Waals surface area (Å²) in [7, 11) is 1.33.